The van der Waals surface area contributed by atoms with Crippen LogP contribution in [0.25, 0.3) is 22.4 Å². The van der Waals surface area contributed by atoms with Crippen molar-refractivity contribution in [2.45, 2.75) is 33.2 Å². The lowest BCUT2D eigenvalue weighted by atomic mass is 10.0. The topological polar surface area (TPSA) is 64.7 Å². The Labute approximate surface area is 162 Å². The highest BCUT2D eigenvalue weighted by Gasteiger charge is 2.22. The number of nitrogens with one attached hydrogen (secondary N) is 1. The Balaban J connectivity index is 2.02. The lowest BCUT2D eigenvalue weighted by Crippen LogP contribution is -2.22. The van der Waals surface area contributed by atoms with Gasteiger partial charge in [-0.05, 0) is 19.4 Å². The molecule has 0 atom stereocenters. The van der Waals surface area contributed by atoms with Crippen molar-refractivity contribution in [2.75, 3.05) is 7.05 Å². The van der Waals surface area contributed by atoms with Gasteiger partial charge in [-0.15, -0.1) is 0 Å². The minimum Gasteiger partial charge on any atom is -0.352 e. The second kappa shape index (κ2) is 7.92. The van der Waals surface area contributed by atoms with Crippen molar-refractivity contribution in [1.82, 2.24) is 24.6 Å². The summed E-state index contributed by atoms with van der Waals surface area (Å²) in [6, 6.07) is 3.04. The van der Waals surface area contributed by atoms with E-state index in [1.165, 1.54) is 29.9 Å². The van der Waals surface area contributed by atoms with E-state index in [1.807, 2.05) is 6.92 Å². The van der Waals surface area contributed by atoms with Crippen LogP contribution in [0.1, 0.15) is 36.1 Å². The number of aromatic nitrogens is 4. The number of imidazole rings is 1. The third-order valence-electron chi connectivity index (χ3n) is 4.89. The summed E-state index contributed by atoms with van der Waals surface area (Å²) in [6.45, 7) is 4.67. The molecule has 0 saturated carbocycles. The van der Waals surface area contributed by atoms with Crippen molar-refractivity contribution in [3.05, 3.63) is 47.7 Å². The molecular weight excluding hydrogens is 364 g/mol. The third-order valence-corrected chi connectivity index (χ3v) is 4.89. The van der Waals surface area contributed by atoms with Crippen molar-refractivity contribution >= 4 is 5.91 Å². The molecule has 0 bridgehead atoms. The molecule has 0 saturated heterocycles. The monoisotopic (exact) mass is 387 g/mol. The molecule has 8 heteroatoms. The zero-order valence-electron chi connectivity index (χ0n) is 16.4. The maximum atomic E-state index is 14.9. The summed E-state index contributed by atoms with van der Waals surface area (Å²) in [5.41, 5.74) is 1.88. The molecule has 0 spiro atoms. The average molecular weight is 387 g/mol. The van der Waals surface area contributed by atoms with Gasteiger partial charge in [-0.1, -0.05) is 19.4 Å². The van der Waals surface area contributed by atoms with Gasteiger partial charge in [-0.3, -0.25) is 9.48 Å². The molecule has 0 unspecified atom stereocenters. The predicted molar refractivity (Wildman–Crippen MR) is 103 cm³/mol. The lowest BCUT2D eigenvalue weighted by molar-refractivity contribution is 0.0950. The fraction of sp³-hybridized carbons (Fsp3) is 0.350. The molecule has 148 valence electrons. The summed E-state index contributed by atoms with van der Waals surface area (Å²) >= 11 is 0. The van der Waals surface area contributed by atoms with Gasteiger partial charge < -0.3 is 9.88 Å². The Morgan fingerprint density at radius 3 is 2.50 bits per heavy atom. The summed E-state index contributed by atoms with van der Waals surface area (Å²) in [4.78, 5) is 15.8. The van der Waals surface area contributed by atoms with Crippen molar-refractivity contribution in [3.8, 4) is 22.4 Å². The first-order chi connectivity index (χ1) is 13.4. The number of unbranched alkanes of at least 4 members (excludes halogenated alkanes) is 1. The average Bonchev–Trinajstić information content (AvgIpc) is 3.24. The normalized spacial score (nSPS) is 11.1. The first-order valence-electron chi connectivity index (χ1n) is 9.15. The maximum Gasteiger partial charge on any atom is 0.287 e. The van der Waals surface area contributed by atoms with Crippen LogP contribution in [0.2, 0.25) is 0 Å². The molecule has 1 aromatic carbocycles. The summed E-state index contributed by atoms with van der Waals surface area (Å²) in [5, 5.41) is 6.76. The molecule has 2 heterocycles. The molecule has 0 aliphatic carbocycles. The van der Waals surface area contributed by atoms with E-state index in [4.69, 9.17) is 0 Å². The van der Waals surface area contributed by atoms with Gasteiger partial charge >= 0.3 is 0 Å². The van der Waals surface area contributed by atoms with Crippen LogP contribution in [0.3, 0.4) is 0 Å². The number of amides is 1. The molecule has 0 aliphatic rings. The molecule has 28 heavy (non-hydrogen) atoms. The second-order valence-corrected chi connectivity index (χ2v) is 6.61. The first kappa shape index (κ1) is 19.7. The fourth-order valence-electron chi connectivity index (χ4n) is 3.18. The highest BCUT2D eigenvalue weighted by atomic mass is 19.2. The second-order valence-electron chi connectivity index (χ2n) is 6.61. The standard InChI is InChI=1S/C20H23F2N5O/c1-5-6-9-27-12(2)15(10-25-27)13-7-8-14(18(22)17(13)21)16-11-24-19(26(16)4)20(28)23-3/h7-8,10-11H,5-6,9H2,1-4H3,(H,23,28). The van der Waals surface area contributed by atoms with E-state index in [2.05, 4.69) is 22.3 Å². The smallest absolute Gasteiger partial charge is 0.287 e. The minimum atomic E-state index is -0.982. The number of carbonyl (C=O) groups excluding carboxylic acids is 1. The van der Waals surface area contributed by atoms with Gasteiger partial charge in [-0.25, -0.2) is 13.8 Å². The Kier molecular flexibility index (Phi) is 5.58. The van der Waals surface area contributed by atoms with Crippen molar-refractivity contribution in [2.24, 2.45) is 7.05 Å². The highest BCUT2D eigenvalue weighted by molar-refractivity contribution is 5.91. The number of benzene rings is 1. The molecule has 0 radical (unpaired) electrons. The Hall–Kier alpha value is -3.03. The molecule has 1 amide bonds. The Morgan fingerprint density at radius 1 is 1.14 bits per heavy atom. The van der Waals surface area contributed by atoms with Crippen LogP contribution < -0.4 is 5.32 Å². The van der Waals surface area contributed by atoms with Crippen molar-refractivity contribution in [3.63, 3.8) is 0 Å². The number of nitrogens with zero attached hydrogens (tertiary/aromatic N) is 4. The number of aryl methyl sites for hydroxylation is 1. The van der Waals surface area contributed by atoms with Gasteiger partial charge in [0, 0.05) is 43.0 Å². The van der Waals surface area contributed by atoms with Crippen LogP contribution in [0.15, 0.2) is 24.5 Å². The fourth-order valence-corrected chi connectivity index (χ4v) is 3.18. The van der Waals surface area contributed by atoms with Crippen molar-refractivity contribution < 1.29 is 13.6 Å². The van der Waals surface area contributed by atoms with E-state index in [-0.39, 0.29) is 17.0 Å². The molecule has 0 aliphatic heterocycles. The van der Waals surface area contributed by atoms with E-state index >= 15 is 0 Å². The summed E-state index contributed by atoms with van der Waals surface area (Å²) in [7, 11) is 3.06. The zero-order valence-corrected chi connectivity index (χ0v) is 16.4. The van der Waals surface area contributed by atoms with Crippen LogP contribution in [-0.2, 0) is 13.6 Å². The number of rotatable bonds is 6. The summed E-state index contributed by atoms with van der Waals surface area (Å²) in [5.74, 6) is -2.21. The third kappa shape index (κ3) is 3.30. The Morgan fingerprint density at radius 2 is 1.82 bits per heavy atom. The van der Waals surface area contributed by atoms with E-state index < -0.39 is 17.5 Å². The maximum absolute atomic E-state index is 14.9. The minimum absolute atomic E-state index is 0.0439. The SMILES string of the molecule is CCCCn1ncc(-c2ccc(-c3cnc(C(=O)NC)n3C)c(F)c2F)c1C. The van der Waals surface area contributed by atoms with Gasteiger partial charge in [-0.2, -0.15) is 5.10 Å². The van der Waals surface area contributed by atoms with Crippen LogP contribution in [0.4, 0.5) is 8.78 Å². The van der Waals surface area contributed by atoms with E-state index in [1.54, 1.807) is 17.9 Å². The molecule has 6 nitrogen and oxygen atoms in total. The van der Waals surface area contributed by atoms with Crippen molar-refractivity contribution in [1.29, 1.82) is 0 Å². The number of hydrogen-bond acceptors (Lipinski definition) is 3. The first-order valence-corrected chi connectivity index (χ1v) is 9.15. The molecule has 2 aromatic heterocycles. The van der Waals surface area contributed by atoms with Crippen LogP contribution in [0, 0.1) is 18.6 Å². The van der Waals surface area contributed by atoms with E-state index in [0.717, 1.165) is 25.1 Å². The number of carbonyl (C=O) groups is 1. The molecule has 3 aromatic rings. The van der Waals surface area contributed by atoms with Gasteiger partial charge in [0.25, 0.3) is 5.91 Å². The van der Waals surface area contributed by atoms with Gasteiger partial charge in [0.15, 0.2) is 17.5 Å². The molecule has 1 N–H and O–H groups in total. The summed E-state index contributed by atoms with van der Waals surface area (Å²) in [6.07, 6.45) is 4.91. The Bertz CT molecular complexity index is 1020. The van der Waals surface area contributed by atoms with Gasteiger partial charge in [0.1, 0.15) is 0 Å². The van der Waals surface area contributed by atoms with Gasteiger partial charge in [0.05, 0.1) is 18.1 Å². The summed E-state index contributed by atoms with van der Waals surface area (Å²) < 4.78 is 33.1. The van der Waals surface area contributed by atoms with E-state index in [0.29, 0.717) is 11.3 Å². The van der Waals surface area contributed by atoms with E-state index in [9.17, 15) is 13.6 Å². The zero-order chi connectivity index (χ0) is 20.4. The highest BCUT2D eigenvalue weighted by Crippen LogP contribution is 2.33. The largest absolute Gasteiger partial charge is 0.352 e. The van der Waals surface area contributed by atoms with Crippen LogP contribution in [-0.4, -0.2) is 32.3 Å². The molecular formula is C20H23F2N5O. The number of hydrogen-bond donors (Lipinski definition) is 1. The molecule has 3 rings (SSSR count). The molecule has 0 fully saturated rings. The lowest BCUT2D eigenvalue weighted by Gasteiger charge is -2.10. The van der Waals surface area contributed by atoms with Gasteiger partial charge in [0.2, 0.25) is 0 Å². The number of halogens is 2. The van der Waals surface area contributed by atoms with Crippen LogP contribution in [0.5, 0.6) is 0 Å². The van der Waals surface area contributed by atoms with Crippen LogP contribution >= 0.6 is 0 Å². The quantitative estimate of drug-likeness (QED) is 0.701. The predicted octanol–water partition coefficient (Wildman–Crippen LogP) is 3.70.